The number of nitrogens with one attached hydrogen (secondary N) is 1. The van der Waals surface area contributed by atoms with Crippen molar-refractivity contribution < 1.29 is 0 Å². The fraction of sp³-hybridized carbons (Fsp3) is 0.550. The van der Waals surface area contributed by atoms with Crippen LogP contribution in [0.3, 0.4) is 0 Å². The lowest BCUT2D eigenvalue weighted by Crippen LogP contribution is -2.34. The highest BCUT2D eigenvalue weighted by molar-refractivity contribution is 5.92. The Morgan fingerprint density at radius 2 is 1.96 bits per heavy atom. The number of rotatable bonds is 6. The molecule has 0 unspecified atom stereocenters. The fourth-order valence-corrected chi connectivity index (χ4v) is 4.01. The third-order valence-corrected chi connectivity index (χ3v) is 5.45. The van der Waals surface area contributed by atoms with Crippen molar-refractivity contribution in [3.8, 4) is 0 Å². The van der Waals surface area contributed by atoms with Gasteiger partial charge < -0.3 is 10.2 Å². The highest BCUT2D eigenvalue weighted by Crippen LogP contribution is 2.22. The maximum Gasteiger partial charge on any atom is 0.226 e. The Morgan fingerprint density at radius 1 is 1.15 bits per heavy atom. The summed E-state index contributed by atoms with van der Waals surface area (Å²) in [4.78, 5) is 11.9. The highest BCUT2D eigenvalue weighted by Gasteiger charge is 2.17. The minimum Gasteiger partial charge on any atom is -0.354 e. The van der Waals surface area contributed by atoms with Gasteiger partial charge in [0.25, 0.3) is 0 Å². The van der Waals surface area contributed by atoms with E-state index in [0.29, 0.717) is 0 Å². The number of aryl methyl sites for hydroxylation is 1. The van der Waals surface area contributed by atoms with Crippen LogP contribution in [0.4, 0.5) is 5.95 Å². The molecule has 0 amide bonds. The van der Waals surface area contributed by atoms with Gasteiger partial charge in [-0.3, -0.25) is 0 Å². The van der Waals surface area contributed by atoms with Crippen LogP contribution >= 0.6 is 0 Å². The number of aromatic nitrogens is 4. The van der Waals surface area contributed by atoms with Crippen molar-refractivity contribution >= 4 is 22.5 Å². The SMILES string of the molecule is Cc1nc2c3ccccc3nc(NCCCN(C)C3CCCCC3)n2n1. The normalized spacial score (nSPS) is 16.0. The predicted octanol–water partition coefficient (Wildman–Crippen LogP) is 3.65. The van der Waals surface area contributed by atoms with Crippen LogP contribution in [-0.4, -0.2) is 50.7 Å². The third kappa shape index (κ3) is 3.51. The minimum absolute atomic E-state index is 0.767. The van der Waals surface area contributed by atoms with Gasteiger partial charge in [0.05, 0.1) is 5.52 Å². The minimum atomic E-state index is 0.767. The molecule has 1 aliphatic carbocycles. The summed E-state index contributed by atoms with van der Waals surface area (Å²) < 4.78 is 1.84. The van der Waals surface area contributed by atoms with E-state index in [-0.39, 0.29) is 0 Å². The van der Waals surface area contributed by atoms with Gasteiger partial charge in [0.1, 0.15) is 5.82 Å². The first-order valence-electron chi connectivity index (χ1n) is 9.78. The molecule has 1 saturated carbocycles. The van der Waals surface area contributed by atoms with Crippen LogP contribution in [0.2, 0.25) is 0 Å². The molecule has 1 fully saturated rings. The number of hydrogen-bond acceptors (Lipinski definition) is 5. The molecule has 1 aliphatic rings. The van der Waals surface area contributed by atoms with Crippen LogP contribution in [-0.2, 0) is 0 Å². The van der Waals surface area contributed by atoms with Crippen molar-refractivity contribution in [3.63, 3.8) is 0 Å². The molecule has 0 spiro atoms. The molecule has 6 nitrogen and oxygen atoms in total. The number of hydrogen-bond donors (Lipinski definition) is 1. The number of anilines is 1. The Kier molecular flexibility index (Phi) is 5.02. The van der Waals surface area contributed by atoms with Gasteiger partial charge in [-0.2, -0.15) is 4.52 Å². The lowest BCUT2D eigenvalue weighted by molar-refractivity contribution is 0.191. The molecule has 26 heavy (non-hydrogen) atoms. The molecule has 0 saturated heterocycles. The van der Waals surface area contributed by atoms with E-state index in [1.54, 1.807) is 0 Å². The molecule has 0 bridgehead atoms. The molecule has 0 aliphatic heterocycles. The van der Waals surface area contributed by atoms with Crippen molar-refractivity contribution in [2.45, 2.75) is 51.5 Å². The second-order valence-corrected chi connectivity index (χ2v) is 7.40. The number of nitrogens with zero attached hydrogens (tertiary/aromatic N) is 5. The molecule has 1 N–H and O–H groups in total. The smallest absolute Gasteiger partial charge is 0.226 e. The van der Waals surface area contributed by atoms with Crippen LogP contribution < -0.4 is 5.32 Å². The zero-order chi connectivity index (χ0) is 17.9. The van der Waals surface area contributed by atoms with Gasteiger partial charge in [0, 0.05) is 18.0 Å². The van der Waals surface area contributed by atoms with Crippen LogP contribution in [0.25, 0.3) is 16.6 Å². The van der Waals surface area contributed by atoms with Gasteiger partial charge in [-0.15, -0.1) is 5.10 Å². The Bertz CT molecular complexity index is 881. The summed E-state index contributed by atoms with van der Waals surface area (Å²) in [5.41, 5.74) is 1.82. The van der Waals surface area contributed by atoms with Gasteiger partial charge in [0.2, 0.25) is 5.95 Å². The van der Waals surface area contributed by atoms with E-state index >= 15 is 0 Å². The lowest BCUT2D eigenvalue weighted by Gasteiger charge is -2.31. The van der Waals surface area contributed by atoms with Crippen molar-refractivity contribution in [2.24, 2.45) is 0 Å². The van der Waals surface area contributed by atoms with Crippen molar-refractivity contribution in [1.29, 1.82) is 0 Å². The average Bonchev–Trinajstić information content (AvgIpc) is 3.07. The number of fused-ring (bicyclic) bond motifs is 3. The molecule has 138 valence electrons. The maximum absolute atomic E-state index is 4.76. The number of benzene rings is 1. The fourth-order valence-electron chi connectivity index (χ4n) is 4.01. The summed E-state index contributed by atoms with van der Waals surface area (Å²) in [5.74, 6) is 1.54. The third-order valence-electron chi connectivity index (χ3n) is 5.45. The summed E-state index contributed by atoms with van der Waals surface area (Å²) in [6.45, 7) is 3.92. The van der Waals surface area contributed by atoms with Gasteiger partial charge in [-0.1, -0.05) is 31.4 Å². The molecule has 6 heteroatoms. The topological polar surface area (TPSA) is 58.4 Å². The molecule has 0 radical (unpaired) electrons. The Labute approximate surface area is 154 Å². The van der Waals surface area contributed by atoms with Crippen LogP contribution in [0.5, 0.6) is 0 Å². The Hall–Kier alpha value is -2.21. The summed E-state index contributed by atoms with van der Waals surface area (Å²) >= 11 is 0. The summed E-state index contributed by atoms with van der Waals surface area (Å²) in [6, 6.07) is 8.88. The summed E-state index contributed by atoms with van der Waals surface area (Å²) in [6.07, 6.45) is 7.99. The molecule has 4 rings (SSSR count). The molecule has 1 aromatic carbocycles. The average molecular weight is 352 g/mol. The molecule has 3 aromatic rings. The quantitative estimate of drug-likeness (QED) is 0.686. The van der Waals surface area contributed by atoms with Gasteiger partial charge >= 0.3 is 0 Å². The highest BCUT2D eigenvalue weighted by atomic mass is 15.4. The first-order valence-corrected chi connectivity index (χ1v) is 9.78. The monoisotopic (exact) mass is 352 g/mol. The zero-order valence-electron chi connectivity index (χ0n) is 15.8. The molecule has 2 heterocycles. The first-order chi connectivity index (χ1) is 12.7. The van der Waals surface area contributed by atoms with Gasteiger partial charge in [0.15, 0.2) is 5.65 Å². The Morgan fingerprint density at radius 3 is 2.81 bits per heavy atom. The van der Waals surface area contributed by atoms with Gasteiger partial charge in [-0.25, -0.2) is 9.97 Å². The number of para-hydroxylation sites is 1. The van der Waals surface area contributed by atoms with E-state index in [9.17, 15) is 0 Å². The van der Waals surface area contributed by atoms with E-state index in [1.165, 1.54) is 32.1 Å². The molecule has 2 aromatic heterocycles. The summed E-state index contributed by atoms with van der Waals surface area (Å²) in [5, 5.41) is 9.03. The first kappa shape index (κ1) is 17.2. The molecular formula is C20H28N6. The standard InChI is InChI=1S/C20H28N6/c1-15-22-19-17-11-6-7-12-18(17)23-20(26(19)24-15)21-13-8-14-25(2)16-9-4-3-5-10-16/h6-7,11-12,16H,3-5,8-10,13-14H2,1-2H3,(H,21,23). The zero-order valence-corrected chi connectivity index (χ0v) is 15.8. The lowest BCUT2D eigenvalue weighted by atomic mass is 9.94. The van der Waals surface area contributed by atoms with E-state index in [2.05, 4.69) is 33.4 Å². The molecular weight excluding hydrogens is 324 g/mol. The van der Waals surface area contributed by atoms with E-state index in [0.717, 1.165) is 53.9 Å². The van der Waals surface area contributed by atoms with Crippen molar-refractivity contribution in [2.75, 3.05) is 25.5 Å². The second-order valence-electron chi connectivity index (χ2n) is 7.40. The predicted molar refractivity (Wildman–Crippen MR) is 106 cm³/mol. The Balaban J connectivity index is 1.43. The van der Waals surface area contributed by atoms with Crippen molar-refractivity contribution in [1.82, 2.24) is 24.5 Å². The maximum atomic E-state index is 4.76. The van der Waals surface area contributed by atoms with Crippen molar-refractivity contribution in [3.05, 3.63) is 30.1 Å². The van der Waals surface area contributed by atoms with E-state index < -0.39 is 0 Å². The van der Waals surface area contributed by atoms with Crippen LogP contribution in [0, 0.1) is 6.92 Å². The van der Waals surface area contributed by atoms with Crippen LogP contribution in [0.15, 0.2) is 24.3 Å². The van der Waals surface area contributed by atoms with Gasteiger partial charge in [-0.05, 0) is 51.9 Å². The second kappa shape index (κ2) is 7.58. The molecule has 0 atom stereocenters. The van der Waals surface area contributed by atoms with Crippen LogP contribution in [0.1, 0.15) is 44.3 Å². The van der Waals surface area contributed by atoms with E-state index in [1.807, 2.05) is 29.6 Å². The largest absolute Gasteiger partial charge is 0.354 e. The van der Waals surface area contributed by atoms with E-state index in [4.69, 9.17) is 4.98 Å². The summed E-state index contributed by atoms with van der Waals surface area (Å²) in [7, 11) is 2.27.